The van der Waals surface area contributed by atoms with Crippen molar-refractivity contribution in [3.63, 3.8) is 0 Å². The lowest BCUT2D eigenvalue weighted by Crippen LogP contribution is -2.39. The molecule has 1 aromatic carbocycles. The van der Waals surface area contributed by atoms with Gasteiger partial charge in [-0.25, -0.2) is 0 Å². The van der Waals surface area contributed by atoms with Gasteiger partial charge in [-0.05, 0) is 56.3 Å². The molecule has 0 radical (unpaired) electrons. The summed E-state index contributed by atoms with van der Waals surface area (Å²) in [5.41, 5.74) is 6.86. The van der Waals surface area contributed by atoms with Crippen molar-refractivity contribution in [2.45, 2.75) is 64.1 Å². The van der Waals surface area contributed by atoms with Gasteiger partial charge in [-0.3, -0.25) is 15.0 Å². The predicted octanol–water partition coefficient (Wildman–Crippen LogP) is 3.48. The van der Waals surface area contributed by atoms with E-state index in [0.29, 0.717) is 19.4 Å². The van der Waals surface area contributed by atoms with Crippen LogP contribution in [0, 0.1) is 10.1 Å². The summed E-state index contributed by atoms with van der Waals surface area (Å²) in [7, 11) is 0. The number of nitrogens with zero attached hydrogens (tertiary/aromatic N) is 5. The van der Waals surface area contributed by atoms with Crippen LogP contribution in [0.25, 0.3) is 0 Å². The number of rotatable bonds is 12. The summed E-state index contributed by atoms with van der Waals surface area (Å²) in [5, 5.41) is 11.9. The molecule has 10 heteroatoms. The number of anilines is 2. The number of hydrogen-bond acceptors (Lipinski definition) is 9. The van der Waals surface area contributed by atoms with Crippen molar-refractivity contribution in [1.29, 1.82) is 0 Å². The molecular weight excluding hydrogens is 436 g/mol. The molecule has 1 saturated carbocycles. The van der Waals surface area contributed by atoms with Crippen molar-refractivity contribution in [2.75, 3.05) is 30.3 Å². The maximum atomic E-state index is 12.1. The minimum absolute atomic E-state index is 0.0129. The fourth-order valence-electron chi connectivity index (χ4n) is 4.41. The summed E-state index contributed by atoms with van der Waals surface area (Å²) in [4.78, 5) is 36.0. The van der Waals surface area contributed by atoms with Crippen LogP contribution < -0.4 is 15.4 Å². The minimum Gasteiger partial charge on any atom is -0.463 e. The molecule has 0 atom stereocenters. The zero-order valence-corrected chi connectivity index (χ0v) is 19.6. The Hall–Kier alpha value is -3.27. The van der Waals surface area contributed by atoms with Gasteiger partial charge in [0, 0.05) is 13.1 Å². The number of hydrogen-bond donors (Lipinski definition) is 1. The van der Waals surface area contributed by atoms with Gasteiger partial charge in [-0.15, -0.1) is 0 Å². The third-order valence-electron chi connectivity index (χ3n) is 6.50. The molecule has 0 bridgehead atoms. The van der Waals surface area contributed by atoms with Crippen molar-refractivity contribution in [1.82, 2.24) is 14.9 Å². The normalized spacial score (nSPS) is 16.9. The maximum Gasteiger partial charge on any atom is 0.353 e. The Balaban J connectivity index is 1.68. The van der Waals surface area contributed by atoms with Gasteiger partial charge in [0.15, 0.2) is 0 Å². The standard InChI is InChI=1S/C24H32N6O4/c1-2-3-13-34-23-26-21(25)20(30(32)33)22(27-23)29(24(17-31)9-10-24)16-19-8-6-7-18(14-19)15-28-11-4-5-12-28/h6-8,14,17H,2-5,9-13,15-16H2,1H3,(H2,25,26,27). The molecule has 1 saturated heterocycles. The average Bonchev–Trinajstić information content (AvgIpc) is 3.44. The molecule has 2 fully saturated rings. The third-order valence-corrected chi connectivity index (χ3v) is 6.50. The topological polar surface area (TPSA) is 128 Å². The van der Waals surface area contributed by atoms with Gasteiger partial charge in [0.2, 0.25) is 11.6 Å². The van der Waals surface area contributed by atoms with E-state index in [-0.39, 0.29) is 24.2 Å². The Labute approximate surface area is 199 Å². The average molecular weight is 469 g/mol. The molecule has 2 aromatic rings. The van der Waals surface area contributed by atoms with Crippen LogP contribution in [0.2, 0.25) is 0 Å². The Kier molecular flexibility index (Phi) is 7.26. The summed E-state index contributed by atoms with van der Waals surface area (Å²) >= 11 is 0. The molecule has 1 aromatic heterocycles. The monoisotopic (exact) mass is 468 g/mol. The highest BCUT2D eigenvalue weighted by atomic mass is 16.6. The maximum absolute atomic E-state index is 12.1. The number of ether oxygens (including phenoxy) is 1. The number of carbonyl (C=O) groups excluding carboxylic acids is 1. The van der Waals surface area contributed by atoms with E-state index in [9.17, 15) is 14.9 Å². The number of carbonyl (C=O) groups is 1. The first kappa shape index (κ1) is 23.9. The van der Waals surface area contributed by atoms with Crippen LogP contribution >= 0.6 is 0 Å². The van der Waals surface area contributed by atoms with E-state index in [2.05, 4.69) is 27.0 Å². The van der Waals surface area contributed by atoms with Crippen LogP contribution in [0.3, 0.4) is 0 Å². The van der Waals surface area contributed by atoms with Crippen LogP contribution in [-0.2, 0) is 17.9 Å². The highest BCUT2D eigenvalue weighted by Gasteiger charge is 2.51. The molecule has 182 valence electrons. The lowest BCUT2D eigenvalue weighted by molar-refractivity contribution is -0.383. The molecule has 1 aliphatic carbocycles. The second-order valence-corrected chi connectivity index (χ2v) is 9.13. The first-order chi connectivity index (χ1) is 16.5. The van der Waals surface area contributed by atoms with Crippen molar-refractivity contribution in [3.05, 3.63) is 45.5 Å². The Morgan fingerprint density at radius 3 is 2.65 bits per heavy atom. The minimum atomic E-state index is -0.850. The van der Waals surface area contributed by atoms with Crippen LogP contribution in [0.4, 0.5) is 17.3 Å². The number of aldehydes is 1. The summed E-state index contributed by atoms with van der Waals surface area (Å²) < 4.78 is 5.62. The summed E-state index contributed by atoms with van der Waals surface area (Å²) in [6, 6.07) is 8.13. The fourth-order valence-corrected chi connectivity index (χ4v) is 4.41. The van der Waals surface area contributed by atoms with E-state index in [4.69, 9.17) is 10.5 Å². The van der Waals surface area contributed by atoms with E-state index in [1.165, 1.54) is 18.4 Å². The van der Waals surface area contributed by atoms with Crippen molar-refractivity contribution >= 4 is 23.6 Å². The SMILES string of the molecule is CCCCOc1nc(N)c([N+](=O)[O-])c(N(Cc2cccc(CN3CCCC3)c2)C2(C=O)CC2)n1. The van der Waals surface area contributed by atoms with Crippen molar-refractivity contribution in [2.24, 2.45) is 0 Å². The number of aromatic nitrogens is 2. The molecular formula is C24H32N6O4. The predicted molar refractivity (Wildman–Crippen MR) is 129 cm³/mol. The van der Waals surface area contributed by atoms with E-state index < -0.39 is 16.1 Å². The largest absolute Gasteiger partial charge is 0.463 e. The van der Waals surface area contributed by atoms with Crippen LogP contribution in [-0.4, -0.2) is 51.3 Å². The Bertz CT molecular complexity index is 1040. The molecule has 10 nitrogen and oxygen atoms in total. The van der Waals surface area contributed by atoms with Gasteiger partial charge >= 0.3 is 11.7 Å². The van der Waals surface area contributed by atoms with Crippen molar-refractivity contribution in [3.8, 4) is 6.01 Å². The summed E-state index contributed by atoms with van der Waals surface area (Å²) in [5.74, 6) is -0.241. The van der Waals surface area contributed by atoms with Crippen LogP contribution in [0.1, 0.15) is 56.6 Å². The summed E-state index contributed by atoms with van der Waals surface area (Å²) in [6.45, 7) is 5.75. The van der Waals surface area contributed by atoms with Gasteiger partial charge in [0.05, 0.1) is 17.1 Å². The summed E-state index contributed by atoms with van der Waals surface area (Å²) in [6.07, 6.45) is 6.20. The molecule has 4 rings (SSSR count). The van der Waals surface area contributed by atoms with E-state index in [1.807, 2.05) is 19.1 Å². The number of unbranched alkanes of at least 4 members (excludes halogenated alkanes) is 1. The molecule has 34 heavy (non-hydrogen) atoms. The first-order valence-corrected chi connectivity index (χ1v) is 11.9. The lowest BCUT2D eigenvalue weighted by atomic mass is 10.1. The van der Waals surface area contributed by atoms with Crippen molar-refractivity contribution < 1.29 is 14.5 Å². The number of nitro groups is 1. The van der Waals surface area contributed by atoms with Gasteiger partial charge in [0.25, 0.3) is 0 Å². The number of likely N-dealkylation sites (tertiary alicyclic amines) is 1. The van der Waals surface area contributed by atoms with Gasteiger partial charge in [0.1, 0.15) is 6.29 Å². The van der Waals surface area contributed by atoms with Gasteiger partial charge in [-0.2, -0.15) is 9.97 Å². The number of nitrogen functional groups attached to an aromatic ring is 1. The Morgan fingerprint density at radius 2 is 2.00 bits per heavy atom. The molecule has 2 aliphatic rings. The van der Waals surface area contributed by atoms with E-state index >= 15 is 0 Å². The second kappa shape index (κ2) is 10.3. The molecule has 2 N–H and O–H groups in total. The smallest absolute Gasteiger partial charge is 0.353 e. The van der Waals surface area contributed by atoms with Crippen LogP contribution in [0.15, 0.2) is 24.3 Å². The highest BCUT2D eigenvalue weighted by molar-refractivity contribution is 5.80. The number of benzene rings is 1. The zero-order chi connectivity index (χ0) is 24.1. The number of nitrogens with two attached hydrogens (primary N) is 1. The quantitative estimate of drug-likeness (QED) is 0.215. The first-order valence-electron chi connectivity index (χ1n) is 11.9. The third kappa shape index (κ3) is 5.27. The molecule has 2 heterocycles. The fraction of sp³-hybridized carbons (Fsp3) is 0.542. The lowest BCUT2D eigenvalue weighted by Gasteiger charge is -2.29. The zero-order valence-electron chi connectivity index (χ0n) is 19.6. The highest BCUT2D eigenvalue weighted by Crippen LogP contribution is 2.46. The van der Waals surface area contributed by atoms with Crippen LogP contribution in [0.5, 0.6) is 6.01 Å². The molecule has 0 unspecified atom stereocenters. The van der Waals surface area contributed by atoms with E-state index in [0.717, 1.165) is 44.3 Å². The molecule has 0 amide bonds. The second-order valence-electron chi connectivity index (χ2n) is 9.13. The molecule has 0 spiro atoms. The molecule has 1 aliphatic heterocycles. The Morgan fingerprint density at radius 1 is 1.26 bits per heavy atom. The van der Waals surface area contributed by atoms with E-state index in [1.54, 1.807) is 4.90 Å². The van der Waals surface area contributed by atoms with Gasteiger partial charge in [-0.1, -0.05) is 37.6 Å². The van der Waals surface area contributed by atoms with Gasteiger partial charge < -0.3 is 20.2 Å².